The van der Waals surface area contributed by atoms with Crippen molar-refractivity contribution in [1.29, 1.82) is 0 Å². The molecule has 1 amide bonds. The number of methoxy groups -OCH3 is 1. The van der Waals surface area contributed by atoms with Gasteiger partial charge in [0, 0.05) is 56.6 Å². The molecule has 0 spiro atoms. The second-order valence-corrected chi connectivity index (χ2v) is 6.69. The van der Waals surface area contributed by atoms with Crippen molar-refractivity contribution in [3.05, 3.63) is 34.2 Å². The summed E-state index contributed by atoms with van der Waals surface area (Å²) in [4.78, 5) is 26.4. The summed E-state index contributed by atoms with van der Waals surface area (Å²) in [5.41, 5.74) is -0.612. The third kappa shape index (κ3) is 4.29. The monoisotopic (exact) mass is 352 g/mol. The zero-order valence-electron chi connectivity index (χ0n) is 15.0. The van der Waals surface area contributed by atoms with Crippen LogP contribution in [0.3, 0.4) is 0 Å². The van der Waals surface area contributed by atoms with E-state index < -0.39 is 11.5 Å². The van der Waals surface area contributed by atoms with Crippen LogP contribution in [-0.2, 0) is 11.3 Å². The molecule has 1 aromatic rings. The summed E-state index contributed by atoms with van der Waals surface area (Å²) < 4.78 is 6.58. The number of likely N-dealkylation sites (tertiary alicyclic amines) is 1. The molecule has 7 nitrogen and oxygen atoms in total. The molecule has 2 rings (SSSR count). The second-order valence-electron chi connectivity index (χ2n) is 6.69. The molecular formula is C18H28N2O5. The van der Waals surface area contributed by atoms with E-state index in [0.717, 1.165) is 0 Å². The SMILES string of the molecule is CCn1ccc(C(=O)N2CC[C@@H](O)[C@@](CO)(CCCOC)C2)cc1=O. The van der Waals surface area contributed by atoms with Gasteiger partial charge in [-0.2, -0.15) is 0 Å². The van der Waals surface area contributed by atoms with E-state index >= 15 is 0 Å². The molecule has 7 heteroatoms. The Balaban J connectivity index is 2.17. The Labute approximate surface area is 147 Å². The molecule has 1 aliphatic rings. The normalized spacial score (nSPS) is 23.7. The van der Waals surface area contributed by atoms with Crippen molar-refractivity contribution in [2.75, 3.05) is 33.4 Å². The van der Waals surface area contributed by atoms with Crippen molar-refractivity contribution in [2.45, 2.75) is 38.8 Å². The van der Waals surface area contributed by atoms with Crippen molar-refractivity contribution < 1.29 is 19.7 Å². The molecule has 25 heavy (non-hydrogen) atoms. The van der Waals surface area contributed by atoms with Crippen LogP contribution in [0.5, 0.6) is 0 Å². The lowest BCUT2D eigenvalue weighted by Crippen LogP contribution is -2.55. The molecule has 1 aromatic heterocycles. The third-order valence-corrected chi connectivity index (χ3v) is 5.09. The van der Waals surface area contributed by atoms with Gasteiger partial charge in [-0.15, -0.1) is 0 Å². The van der Waals surface area contributed by atoms with E-state index in [4.69, 9.17) is 4.74 Å². The lowest BCUT2D eigenvalue weighted by molar-refractivity contribution is -0.0745. The third-order valence-electron chi connectivity index (χ3n) is 5.09. The van der Waals surface area contributed by atoms with Gasteiger partial charge in [0.15, 0.2) is 0 Å². The van der Waals surface area contributed by atoms with Crippen LogP contribution in [0, 0.1) is 5.41 Å². The van der Waals surface area contributed by atoms with Crippen LogP contribution in [0.15, 0.2) is 23.1 Å². The molecule has 0 bridgehead atoms. The van der Waals surface area contributed by atoms with Crippen molar-refractivity contribution >= 4 is 5.91 Å². The number of ether oxygens (including phenoxy) is 1. The Morgan fingerprint density at radius 1 is 1.48 bits per heavy atom. The fourth-order valence-corrected chi connectivity index (χ4v) is 3.46. The number of piperidine rings is 1. The highest BCUT2D eigenvalue weighted by Gasteiger charge is 2.43. The average molecular weight is 352 g/mol. The molecule has 0 aromatic carbocycles. The number of aryl methyl sites for hydroxylation is 1. The Kier molecular flexibility index (Phi) is 6.75. The summed E-state index contributed by atoms with van der Waals surface area (Å²) in [6.45, 7) is 3.44. The average Bonchev–Trinajstić information content (AvgIpc) is 2.63. The quantitative estimate of drug-likeness (QED) is 0.697. The van der Waals surface area contributed by atoms with Crippen molar-refractivity contribution in [1.82, 2.24) is 9.47 Å². The molecule has 2 N–H and O–H groups in total. The summed E-state index contributed by atoms with van der Waals surface area (Å²) in [5.74, 6) is -0.239. The summed E-state index contributed by atoms with van der Waals surface area (Å²) in [6, 6.07) is 2.99. The summed E-state index contributed by atoms with van der Waals surface area (Å²) in [5, 5.41) is 20.3. The minimum absolute atomic E-state index is 0.195. The van der Waals surface area contributed by atoms with Gasteiger partial charge in [0.25, 0.3) is 11.5 Å². The zero-order valence-corrected chi connectivity index (χ0v) is 15.0. The summed E-state index contributed by atoms with van der Waals surface area (Å²) in [7, 11) is 1.61. The molecule has 0 saturated carbocycles. The van der Waals surface area contributed by atoms with Gasteiger partial charge >= 0.3 is 0 Å². The highest BCUT2D eigenvalue weighted by atomic mass is 16.5. The van der Waals surface area contributed by atoms with Crippen LogP contribution < -0.4 is 5.56 Å². The van der Waals surface area contributed by atoms with E-state index in [1.807, 2.05) is 6.92 Å². The topological polar surface area (TPSA) is 92.0 Å². The number of amides is 1. The van der Waals surface area contributed by atoms with Crippen molar-refractivity contribution in [3.63, 3.8) is 0 Å². The predicted octanol–water partition coefficient (Wildman–Crippen LogP) is 0.480. The van der Waals surface area contributed by atoms with Gasteiger partial charge in [-0.3, -0.25) is 9.59 Å². The van der Waals surface area contributed by atoms with Gasteiger partial charge < -0.3 is 24.4 Å². The Morgan fingerprint density at radius 3 is 2.84 bits per heavy atom. The van der Waals surface area contributed by atoms with Gasteiger partial charge in [-0.05, 0) is 32.3 Å². The first-order valence-electron chi connectivity index (χ1n) is 8.75. The van der Waals surface area contributed by atoms with Crippen molar-refractivity contribution in [3.8, 4) is 0 Å². The number of aliphatic hydroxyl groups is 2. The molecule has 2 heterocycles. The number of aromatic nitrogens is 1. The fourth-order valence-electron chi connectivity index (χ4n) is 3.46. The van der Waals surface area contributed by atoms with Gasteiger partial charge in [0.05, 0.1) is 12.7 Å². The minimum atomic E-state index is -0.745. The van der Waals surface area contributed by atoms with Gasteiger partial charge in [0.1, 0.15) is 0 Å². The van der Waals surface area contributed by atoms with E-state index in [2.05, 4.69) is 0 Å². The molecule has 140 valence electrons. The number of hydrogen-bond donors (Lipinski definition) is 2. The lowest BCUT2D eigenvalue weighted by atomic mass is 9.74. The molecule has 0 unspecified atom stereocenters. The number of carbonyl (C=O) groups is 1. The molecule has 1 aliphatic heterocycles. The Morgan fingerprint density at radius 2 is 2.24 bits per heavy atom. The zero-order chi connectivity index (χ0) is 18.4. The Bertz CT molecular complexity index is 645. The molecule has 2 atom stereocenters. The molecular weight excluding hydrogens is 324 g/mol. The first-order chi connectivity index (χ1) is 12.0. The van der Waals surface area contributed by atoms with Gasteiger partial charge in [0.2, 0.25) is 0 Å². The number of carbonyl (C=O) groups excluding carboxylic acids is 1. The summed E-state index contributed by atoms with van der Waals surface area (Å²) >= 11 is 0. The molecule has 0 radical (unpaired) electrons. The van der Waals surface area contributed by atoms with E-state index in [-0.39, 0.29) is 24.6 Å². The van der Waals surface area contributed by atoms with Gasteiger partial charge in [-0.1, -0.05) is 0 Å². The van der Waals surface area contributed by atoms with E-state index in [1.54, 1.807) is 24.3 Å². The maximum atomic E-state index is 12.8. The Hall–Kier alpha value is -1.70. The summed E-state index contributed by atoms with van der Waals surface area (Å²) in [6.07, 6.45) is 2.63. The standard InChI is InChI=1S/C18H28N2O5/c1-3-19-8-5-14(11-16(19)23)17(24)20-9-6-15(22)18(12-20,13-21)7-4-10-25-2/h5,8,11,15,21-22H,3-4,6-7,9-10,12-13H2,1-2H3/t15-,18+/m1/s1. The smallest absolute Gasteiger partial charge is 0.254 e. The van der Waals surface area contributed by atoms with Crippen molar-refractivity contribution in [2.24, 2.45) is 5.41 Å². The maximum absolute atomic E-state index is 12.8. The fraction of sp³-hybridized carbons (Fsp3) is 0.667. The van der Waals surface area contributed by atoms with E-state index in [0.29, 0.717) is 44.5 Å². The predicted molar refractivity (Wildman–Crippen MR) is 93.5 cm³/mol. The highest BCUT2D eigenvalue weighted by Crippen LogP contribution is 2.35. The molecule has 1 fully saturated rings. The molecule has 0 aliphatic carbocycles. The largest absolute Gasteiger partial charge is 0.396 e. The van der Waals surface area contributed by atoms with Crippen LogP contribution in [0.1, 0.15) is 36.5 Å². The number of nitrogens with zero attached hydrogens (tertiary/aromatic N) is 2. The first-order valence-corrected chi connectivity index (χ1v) is 8.75. The lowest BCUT2D eigenvalue weighted by Gasteiger charge is -2.45. The van der Waals surface area contributed by atoms with Crippen LogP contribution >= 0.6 is 0 Å². The number of rotatable bonds is 7. The van der Waals surface area contributed by atoms with Crippen LogP contribution in [0.25, 0.3) is 0 Å². The van der Waals surface area contributed by atoms with E-state index in [9.17, 15) is 19.8 Å². The van der Waals surface area contributed by atoms with Crippen LogP contribution in [0.2, 0.25) is 0 Å². The number of hydrogen-bond acceptors (Lipinski definition) is 5. The second kappa shape index (κ2) is 8.60. The molecule has 1 saturated heterocycles. The van der Waals surface area contributed by atoms with Crippen LogP contribution in [0.4, 0.5) is 0 Å². The van der Waals surface area contributed by atoms with Crippen LogP contribution in [-0.4, -0.2) is 65.1 Å². The van der Waals surface area contributed by atoms with Gasteiger partial charge in [-0.25, -0.2) is 0 Å². The highest BCUT2D eigenvalue weighted by molar-refractivity contribution is 5.94. The number of pyridine rings is 1. The first kappa shape index (κ1) is 19.6. The van der Waals surface area contributed by atoms with E-state index in [1.165, 1.54) is 10.6 Å². The minimum Gasteiger partial charge on any atom is -0.396 e. The maximum Gasteiger partial charge on any atom is 0.254 e. The number of aliphatic hydroxyl groups excluding tert-OH is 2.